The Hall–Kier alpha value is -2.88. The lowest BCUT2D eigenvalue weighted by atomic mass is 10.0. The minimum atomic E-state index is -0.310. The van der Waals surface area contributed by atoms with Crippen LogP contribution in [0.1, 0.15) is 35.7 Å². The molecule has 0 radical (unpaired) electrons. The highest BCUT2D eigenvalue weighted by molar-refractivity contribution is 6.32. The summed E-state index contributed by atoms with van der Waals surface area (Å²) < 4.78 is 0. The number of rotatable bonds is 5. The Morgan fingerprint density at radius 1 is 1.17 bits per heavy atom. The standard InChI is InChI=1S/C22H23ClN4O2/c1-15(21(28)26-19-8-7-17(14-24)20(23)13-19)27-11-9-18(10-12-27)25-22(29)16-5-3-2-4-6-16/h2-8,13,15,18H,9-12H2,1H3,(H,25,29)(H,26,28)/t15-/m1/s1. The summed E-state index contributed by atoms with van der Waals surface area (Å²) in [6.45, 7) is 3.31. The van der Waals surface area contributed by atoms with E-state index in [9.17, 15) is 9.59 Å². The molecule has 1 saturated heterocycles. The van der Waals surface area contributed by atoms with E-state index >= 15 is 0 Å². The van der Waals surface area contributed by atoms with Crippen LogP contribution in [0.2, 0.25) is 5.02 Å². The lowest BCUT2D eigenvalue weighted by molar-refractivity contribution is -0.121. The summed E-state index contributed by atoms with van der Waals surface area (Å²) >= 11 is 6.02. The van der Waals surface area contributed by atoms with Crippen LogP contribution in [-0.4, -0.2) is 41.9 Å². The van der Waals surface area contributed by atoms with E-state index in [2.05, 4.69) is 15.5 Å². The molecule has 29 heavy (non-hydrogen) atoms. The molecule has 7 heteroatoms. The highest BCUT2D eigenvalue weighted by Gasteiger charge is 2.27. The number of carbonyl (C=O) groups excluding carboxylic acids is 2. The molecule has 1 atom stereocenters. The number of benzene rings is 2. The Kier molecular flexibility index (Phi) is 6.86. The number of piperidine rings is 1. The van der Waals surface area contributed by atoms with E-state index in [-0.39, 0.29) is 23.9 Å². The number of nitriles is 1. The zero-order valence-corrected chi connectivity index (χ0v) is 16.9. The topological polar surface area (TPSA) is 85.2 Å². The van der Waals surface area contributed by atoms with Crippen LogP contribution in [0, 0.1) is 11.3 Å². The van der Waals surface area contributed by atoms with Crippen molar-refractivity contribution in [1.29, 1.82) is 5.26 Å². The Morgan fingerprint density at radius 3 is 2.48 bits per heavy atom. The van der Waals surface area contributed by atoms with E-state index < -0.39 is 0 Å². The summed E-state index contributed by atoms with van der Waals surface area (Å²) in [5.41, 5.74) is 1.59. The fourth-order valence-corrected chi connectivity index (χ4v) is 3.61. The van der Waals surface area contributed by atoms with Crippen molar-refractivity contribution in [2.75, 3.05) is 18.4 Å². The van der Waals surface area contributed by atoms with E-state index in [0.29, 0.717) is 21.8 Å². The van der Waals surface area contributed by atoms with Gasteiger partial charge in [-0.2, -0.15) is 5.26 Å². The van der Waals surface area contributed by atoms with Gasteiger partial charge in [0.1, 0.15) is 6.07 Å². The van der Waals surface area contributed by atoms with Crippen LogP contribution >= 0.6 is 11.6 Å². The van der Waals surface area contributed by atoms with Gasteiger partial charge in [-0.05, 0) is 50.1 Å². The molecule has 0 saturated carbocycles. The van der Waals surface area contributed by atoms with Crippen molar-refractivity contribution >= 4 is 29.1 Å². The summed E-state index contributed by atoms with van der Waals surface area (Å²) in [7, 11) is 0. The highest BCUT2D eigenvalue weighted by Crippen LogP contribution is 2.21. The van der Waals surface area contributed by atoms with Gasteiger partial charge in [0, 0.05) is 30.4 Å². The Labute approximate surface area is 175 Å². The lowest BCUT2D eigenvalue weighted by Crippen LogP contribution is -2.50. The van der Waals surface area contributed by atoms with Crippen LogP contribution in [0.3, 0.4) is 0 Å². The van der Waals surface area contributed by atoms with Crippen molar-refractivity contribution in [1.82, 2.24) is 10.2 Å². The lowest BCUT2D eigenvalue weighted by Gasteiger charge is -2.35. The largest absolute Gasteiger partial charge is 0.349 e. The third-order valence-electron chi connectivity index (χ3n) is 5.18. The maximum absolute atomic E-state index is 12.6. The van der Waals surface area contributed by atoms with Gasteiger partial charge < -0.3 is 10.6 Å². The molecule has 0 bridgehead atoms. The van der Waals surface area contributed by atoms with Crippen molar-refractivity contribution in [3.05, 3.63) is 64.7 Å². The molecule has 1 aliphatic rings. The van der Waals surface area contributed by atoms with Gasteiger partial charge in [0.15, 0.2) is 0 Å². The molecule has 0 aliphatic carbocycles. The molecule has 2 aromatic rings. The van der Waals surface area contributed by atoms with E-state index in [0.717, 1.165) is 25.9 Å². The molecule has 2 amide bonds. The first-order valence-corrected chi connectivity index (χ1v) is 9.96. The van der Waals surface area contributed by atoms with Crippen LogP contribution in [-0.2, 0) is 4.79 Å². The molecule has 0 unspecified atom stereocenters. The number of amides is 2. The minimum absolute atomic E-state index is 0.0625. The monoisotopic (exact) mass is 410 g/mol. The zero-order valence-electron chi connectivity index (χ0n) is 16.2. The smallest absolute Gasteiger partial charge is 0.251 e. The number of halogens is 1. The predicted octanol–water partition coefficient (Wildman–Crippen LogP) is 3.43. The predicted molar refractivity (Wildman–Crippen MR) is 113 cm³/mol. The van der Waals surface area contributed by atoms with E-state index in [1.165, 1.54) is 0 Å². The van der Waals surface area contributed by atoms with E-state index in [1.54, 1.807) is 30.3 Å². The van der Waals surface area contributed by atoms with Gasteiger partial charge >= 0.3 is 0 Å². The summed E-state index contributed by atoms with van der Waals surface area (Å²) in [6.07, 6.45) is 1.58. The zero-order chi connectivity index (χ0) is 20.8. The fourth-order valence-electron chi connectivity index (χ4n) is 3.39. The summed E-state index contributed by atoms with van der Waals surface area (Å²) in [5.74, 6) is -0.190. The number of nitrogens with zero attached hydrogens (tertiary/aromatic N) is 2. The van der Waals surface area contributed by atoms with Gasteiger partial charge in [0.2, 0.25) is 5.91 Å². The third kappa shape index (κ3) is 5.35. The highest BCUT2D eigenvalue weighted by atomic mass is 35.5. The molecule has 2 N–H and O–H groups in total. The van der Waals surface area contributed by atoms with Gasteiger partial charge in [-0.25, -0.2) is 0 Å². The van der Waals surface area contributed by atoms with Gasteiger partial charge in [0.05, 0.1) is 16.6 Å². The molecular weight excluding hydrogens is 388 g/mol. The van der Waals surface area contributed by atoms with Crippen LogP contribution in [0.15, 0.2) is 48.5 Å². The second-order valence-electron chi connectivity index (χ2n) is 7.12. The molecule has 1 aliphatic heterocycles. The van der Waals surface area contributed by atoms with Crippen LogP contribution in [0.4, 0.5) is 5.69 Å². The van der Waals surface area contributed by atoms with Gasteiger partial charge in [-0.3, -0.25) is 14.5 Å². The first kappa shape index (κ1) is 20.8. The van der Waals surface area contributed by atoms with E-state index in [4.69, 9.17) is 16.9 Å². The second-order valence-corrected chi connectivity index (χ2v) is 7.53. The number of nitrogens with one attached hydrogen (secondary N) is 2. The Balaban J connectivity index is 1.50. The number of anilines is 1. The minimum Gasteiger partial charge on any atom is -0.349 e. The Bertz CT molecular complexity index is 918. The molecule has 0 aromatic heterocycles. The maximum atomic E-state index is 12.6. The molecule has 1 fully saturated rings. The van der Waals surface area contributed by atoms with E-state index in [1.807, 2.05) is 31.2 Å². The molecule has 6 nitrogen and oxygen atoms in total. The maximum Gasteiger partial charge on any atom is 0.251 e. The van der Waals surface area contributed by atoms with Gasteiger partial charge in [0.25, 0.3) is 5.91 Å². The quantitative estimate of drug-likeness (QED) is 0.790. The van der Waals surface area contributed by atoms with Crippen molar-refractivity contribution in [2.45, 2.75) is 31.8 Å². The summed E-state index contributed by atoms with van der Waals surface area (Å²) in [4.78, 5) is 27.0. The number of likely N-dealkylation sites (tertiary alicyclic amines) is 1. The van der Waals surface area contributed by atoms with Crippen molar-refractivity contribution < 1.29 is 9.59 Å². The average Bonchev–Trinajstić information content (AvgIpc) is 2.74. The molecule has 1 heterocycles. The average molecular weight is 411 g/mol. The van der Waals surface area contributed by atoms with Crippen LogP contribution in [0.25, 0.3) is 0 Å². The number of hydrogen-bond donors (Lipinski definition) is 2. The molecular formula is C22H23ClN4O2. The van der Waals surface area contributed by atoms with Crippen molar-refractivity contribution in [3.8, 4) is 6.07 Å². The first-order valence-electron chi connectivity index (χ1n) is 9.58. The van der Waals surface area contributed by atoms with Crippen LogP contribution < -0.4 is 10.6 Å². The molecule has 150 valence electrons. The van der Waals surface area contributed by atoms with Crippen molar-refractivity contribution in [3.63, 3.8) is 0 Å². The van der Waals surface area contributed by atoms with Gasteiger partial charge in [-0.15, -0.1) is 0 Å². The second kappa shape index (κ2) is 9.55. The number of hydrogen-bond acceptors (Lipinski definition) is 4. The van der Waals surface area contributed by atoms with Crippen LogP contribution in [0.5, 0.6) is 0 Å². The molecule has 2 aromatic carbocycles. The summed E-state index contributed by atoms with van der Waals surface area (Å²) in [6, 6.07) is 15.8. The third-order valence-corrected chi connectivity index (χ3v) is 5.50. The summed E-state index contributed by atoms with van der Waals surface area (Å²) in [5, 5.41) is 15.2. The molecule has 3 rings (SSSR count). The number of carbonyl (C=O) groups is 2. The first-order chi connectivity index (χ1) is 14.0. The van der Waals surface area contributed by atoms with Crippen molar-refractivity contribution in [2.24, 2.45) is 0 Å². The fraction of sp³-hybridized carbons (Fsp3) is 0.318. The Morgan fingerprint density at radius 2 is 1.86 bits per heavy atom. The van der Waals surface area contributed by atoms with Gasteiger partial charge in [-0.1, -0.05) is 29.8 Å². The normalized spacial score (nSPS) is 15.9. The molecule has 0 spiro atoms. The SMILES string of the molecule is C[C@H](C(=O)Nc1ccc(C#N)c(Cl)c1)N1CCC(NC(=O)c2ccccc2)CC1.